The summed E-state index contributed by atoms with van der Waals surface area (Å²) in [5.41, 5.74) is 5.90. The Morgan fingerprint density at radius 2 is 1.96 bits per heavy atom. The van der Waals surface area contributed by atoms with Crippen molar-refractivity contribution in [3.63, 3.8) is 0 Å². The van der Waals surface area contributed by atoms with Crippen molar-refractivity contribution in [2.75, 3.05) is 0 Å². The van der Waals surface area contributed by atoms with E-state index in [1.165, 1.54) is 0 Å². The van der Waals surface area contributed by atoms with Gasteiger partial charge in [-0.15, -0.1) is 0 Å². The lowest BCUT2D eigenvalue weighted by atomic mass is 10.3. The summed E-state index contributed by atoms with van der Waals surface area (Å²) in [5.74, 6) is -0.332. The highest BCUT2D eigenvalue weighted by atomic mass is 16.2. The van der Waals surface area contributed by atoms with Gasteiger partial charge in [0.25, 0.3) is 5.91 Å². The Hall–Kier alpha value is -3.21. The fraction of sp³-hybridized carbons (Fsp3) is 0.0556. The lowest BCUT2D eigenvalue weighted by Crippen LogP contribution is -2.18. The molecule has 0 aliphatic rings. The van der Waals surface area contributed by atoms with E-state index in [1.807, 2.05) is 49.5 Å². The molecule has 5 nitrogen and oxygen atoms in total. The van der Waals surface area contributed by atoms with Crippen molar-refractivity contribution in [2.45, 2.75) is 6.92 Å². The van der Waals surface area contributed by atoms with Crippen molar-refractivity contribution in [3.05, 3.63) is 83.9 Å². The number of carbonyl (C=O) groups excluding carboxylic acids is 1. The summed E-state index contributed by atoms with van der Waals surface area (Å²) < 4.78 is 2.07. The van der Waals surface area contributed by atoms with Crippen LogP contribution in [0.3, 0.4) is 0 Å². The fourth-order valence-electron chi connectivity index (χ4n) is 2.26. The monoisotopic (exact) mass is 304 g/mol. The van der Waals surface area contributed by atoms with Crippen LogP contribution in [0.15, 0.2) is 72.1 Å². The largest absolute Gasteiger partial charge is 0.321 e. The molecular formula is C18H16N4O. The normalized spacial score (nSPS) is 10.8. The average Bonchev–Trinajstić information content (AvgIpc) is 2.97. The maximum Gasteiger partial charge on any atom is 0.289 e. The second-order valence-electron chi connectivity index (χ2n) is 5.03. The van der Waals surface area contributed by atoms with Crippen LogP contribution in [0.2, 0.25) is 0 Å². The minimum atomic E-state index is -0.332. The molecule has 3 aromatic rings. The maximum atomic E-state index is 11.8. The average molecular weight is 304 g/mol. The van der Waals surface area contributed by atoms with Gasteiger partial charge in [-0.25, -0.2) is 5.43 Å². The number of hydrogen-bond acceptors (Lipinski definition) is 3. The maximum absolute atomic E-state index is 11.8. The molecule has 23 heavy (non-hydrogen) atoms. The molecule has 2 heterocycles. The van der Waals surface area contributed by atoms with E-state index < -0.39 is 0 Å². The summed E-state index contributed by atoms with van der Waals surface area (Å²) in [5, 5.41) is 3.99. The SMILES string of the molecule is Cc1cc(/C=N\NC(=O)c2ccccn2)cn1-c1ccccc1. The summed E-state index contributed by atoms with van der Waals surface area (Å²) in [6, 6.07) is 17.2. The zero-order chi connectivity index (χ0) is 16.1. The Morgan fingerprint density at radius 3 is 2.70 bits per heavy atom. The number of pyridine rings is 1. The van der Waals surface area contributed by atoms with Crippen LogP contribution in [0.25, 0.3) is 5.69 Å². The second kappa shape index (κ2) is 6.70. The molecular weight excluding hydrogens is 288 g/mol. The molecule has 1 amide bonds. The predicted molar refractivity (Wildman–Crippen MR) is 89.8 cm³/mol. The summed E-state index contributed by atoms with van der Waals surface area (Å²) in [6.07, 6.45) is 5.16. The minimum Gasteiger partial charge on any atom is -0.321 e. The second-order valence-corrected chi connectivity index (χ2v) is 5.03. The van der Waals surface area contributed by atoms with Crippen LogP contribution in [0.1, 0.15) is 21.7 Å². The number of hydrazone groups is 1. The Bertz CT molecular complexity index is 823. The van der Waals surface area contributed by atoms with Crippen LogP contribution in [0.5, 0.6) is 0 Å². The first-order chi connectivity index (χ1) is 11.2. The van der Waals surface area contributed by atoms with Gasteiger partial charge in [-0.05, 0) is 37.3 Å². The molecule has 1 aromatic carbocycles. The minimum absolute atomic E-state index is 0.332. The molecule has 1 N–H and O–H groups in total. The molecule has 0 unspecified atom stereocenters. The van der Waals surface area contributed by atoms with Gasteiger partial charge in [-0.1, -0.05) is 24.3 Å². The molecule has 0 saturated heterocycles. The van der Waals surface area contributed by atoms with Gasteiger partial charge in [-0.3, -0.25) is 9.78 Å². The molecule has 2 aromatic heterocycles. The summed E-state index contributed by atoms with van der Waals surface area (Å²) in [6.45, 7) is 2.02. The predicted octanol–water partition coefficient (Wildman–Crippen LogP) is 2.94. The van der Waals surface area contributed by atoms with Crippen LogP contribution in [0.4, 0.5) is 0 Å². The molecule has 3 rings (SSSR count). The van der Waals surface area contributed by atoms with E-state index >= 15 is 0 Å². The van der Waals surface area contributed by atoms with Gasteiger partial charge in [0.05, 0.1) is 6.21 Å². The lowest BCUT2D eigenvalue weighted by molar-refractivity contribution is 0.0950. The summed E-state index contributed by atoms with van der Waals surface area (Å²) >= 11 is 0. The molecule has 0 radical (unpaired) electrons. The standard InChI is InChI=1S/C18H16N4O/c1-14-11-15(13-22(14)16-7-3-2-4-8-16)12-20-21-18(23)17-9-5-6-10-19-17/h2-13H,1H3,(H,21,23)/b20-12-. The smallest absolute Gasteiger partial charge is 0.289 e. The molecule has 114 valence electrons. The Labute approximate surface area is 134 Å². The number of benzene rings is 1. The molecule has 0 fully saturated rings. The number of aryl methyl sites for hydroxylation is 1. The third-order valence-electron chi connectivity index (χ3n) is 3.35. The van der Waals surface area contributed by atoms with Gasteiger partial charge in [0.1, 0.15) is 5.69 Å². The number of rotatable bonds is 4. The van der Waals surface area contributed by atoms with Crippen molar-refractivity contribution < 1.29 is 4.79 Å². The molecule has 0 atom stereocenters. The number of hydrogen-bond donors (Lipinski definition) is 1. The van der Waals surface area contributed by atoms with Gasteiger partial charge < -0.3 is 4.57 Å². The fourth-order valence-corrected chi connectivity index (χ4v) is 2.26. The van der Waals surface area contributed by atoms with Crippen LogP contribution >= 0.6 is 0 Å². The quantitative estimate of drug-likeness (QED) is 0.595. The zero-order valence-electron chi connectivity index (χ0n) is 12.7. The van der Waals surface area contributed by atoms with E-state index in [4.69, 9.17) is 0 Å². The molecule has 5 heteroatoms. The number of amides is 1. The van der Waals surface area contributed by atoms with E-state index in [2.05, 4.69) is 20.1 Å². The Morgan fingerprint density at radius 1 is 1.17 bits per heavy atom. The molecule has 0 spiro atoms. The van der Waals surface area contributed by atoms with E-state index in [1.54, 1.807) is 30.6 Å². The third kappa shape index (κ3) is 3.52. The lowest BCUT2D eigenvalue weighted by Gasteiger charge is -2.04. The van der Waals surface area contributed by atoms with E-state index in [0.29, 0.717) is 5.69 Å². The number of carbonyl (C=O) groups is 1. The number of nitrogens with one attached hydrogen (secondary N) is 1. The molecule has 0 bridgehead atoms. The molecule has 0 saturated carbocycles. The van der Waals surface area contributed by atoms with E-state index in [-0.39, 0.29) is 5.91 Å². The number of aromatic nitrogens is 2. The van der Waals surface area contributed by atoms with Crippen LogP contribution in [-0.4, -0.2) is 21.7 Å². The van der Waals surface area contributed by atoms with Crippen molar-refractivity contribution in [3.8, 4) is 5.69 Å². The third-order valence-corrected chi connectivity index (χ3v) is 3.35. The topological polar surface area (TPSA) is 59.3 Å². The number of nitrogens with zero attached hydrogens (tertiary/aromatic N) is 3. The van der Waals surface area contributed by atoms with Crippen LogP contribution in [0, 0.1) is 6.92 Å². The van der Waals surface area contributed by atoms with Crippen molar-refractivity contribution in [2.24, 2.45) is 5.10 Å². The Balaban J connectivity index is 1.70. The Kier molecular flexibility index (Phi) is 4.29. The van der Waals surface area contributed by atoms with Crippen molar-refractivity contribution >= 4 is 12.1 Å². The van der Waals surface area contributed by atoms with E-state index in [0.717, 1.165) is 16.9 Å². The van der Waals surface area contributed by atoms with Gasteiger partial charge in [0, 0.05) is 29.3 Å². The molecule has 0 aliphatic carbocycles. The first-order valence-electron chi connectivity index (χ1n) is 7.23. The number of para-hydroxylation sites is 1. The molecule has 0 aliphatic heterocycles. The van der Waals surface area contributed by atoms with E-state index in [9.17, 15) is 4.79 Å². The van der Waals surface area contributed by atoms with Crippen molar-refractivity contribution in [1.82, 2.24) is 15.0 Å². The summed E-state index contributed by atoms with van der Waals surface area (Å²) in [7, 11) is 0. The highest BCUT2D eigenvalue weighted by Gasteiger charge is 2.05. The van der Waals surface area contributed by atoms with Gasteiger partial charge >= 0.3 is 0 Å². The highest BCUT2D eigenvalue weighted by Crippen LogP contribution is 2.13. The first kappa shape index (κ1) is 14.7. The van der Waals surface area contributed by atoms with Crippen LogP contribution < -0.4 is 5.43 Å². The van der Waals surface area contributed by atoms with Gasteiger partial charge in [0.15, 0.2) is 0 Å². The van der Waals surface area contributed by atoms with Crippen LogP contribution in [-0.2, 0) is 0 Å². The zero-order valence-corrected chi connectivity index (χ0v) is 12.7. The first-order valence-corrected chi connectivity index (χ1v) is 7.23. The van der Waals surface area contributed by atoms with Crippen molar-refractivity contribution in [1.29, 1.82) is 0 Å². The summed E-state index contributed by atoms with van der Waals surface area (Å²) in [4.78, 5) is 15.8. The van der Waals surface area contributed by atoms with Gasteiger partial charge in [-0.2, -0.15) is 5.10 Å². The van der Waals surface area contributed by atoms with Gasteiger partial charge in [0.2, 0.25) is 0 Å². The highest BCUT2D eigenvalue weighted by molar-refractivity contribution is 5.93.